The van der Waals surface area contributed by atoms with Gasteiger partial charge in [-0.1, -0.05) is 20.3 Å². The van der Waals surface area contributed by atoms with E-state index in [1.165, 1.54) is 32.1 Å². The Labute approximate surface area is 82.3 Å². The second-order valence-corrected chi connectivity index (χ2v) is 4.91. The standard InChI is InChI=1S/C12H23N/c1-4-12(5-2)10-8-6-7-9(10)11(12)13-3/h9-11,13H,4-8H2,1-3H3. The van der Waals surface area contributed by atoms with Crippen molar-refractivity contribution < 1.29 is 0 Å². The quantitative estimate of drug-likeness (QED) is 0.706. The molecule has 0 heterocycles. The molecule has 0 amide bonds. The summed E-state index contributed by atoms with van der Waals surface area (Å²) in [6, 6.07) is 0.829. The molecule has 0 radical (unpaired) electrons. The van der Waals surface area contributed by atoms with Gasteiger partial charge in [-0.05, 0) is 50.0 Å². The van der Waals surface area contributed by atoms with Crippen molar-refractivity contribution in [3.05, 3.63) is 0 Å². The van der Waals surface area contributed by atoms with Gasteiger partial charge in [-0.25, -0.2) is 0 Å². The lowest BCUT2D eigenvalue weighted by Gasteiger charge is -2.59. The third-order valence-electron chi connectivity index (χ3n) is 4.98. The molecule has 2 fully saturated rings. The van der Waals surface area contributed by atoms with Crippen LogP contribution >= 0.6 is 0 Å². The average Bonchev–Trinajstić information content (AvgIpc) is 2.55. The summed E-state index contributed by atoms with van der Waals surface area (Å²) in [4.78, 5) is 0. The Morgan fingerprint density at radius 1 is 1.23 bits per heavy atom. The zero-order valence-corrected chi connectivity index (χ0v) is 9.27. The fraction of sp³-hybridized carbons (Fsp3) is 1.00. The van der Waals surface area contributed by atoms with E-state index in [4.69, 9.17) is 0 Å². The van der Waals surface area contributed by atoms with Gasteiger partial charge in [-0.3, -0.25) is 0 Å². The molecule has 1 N–H and O–H groups in total. The van der Waals surface area contributed by atoms with Crippen LogP contribution in [0.1, 0.15) is 46.0 Å². The summed E-state index contributed by atoms with van der Waals surface area (Å²) in [5.74, 6) is 2.07. The smallest absolute Gasteiger partial charge is 0.0154 e. The first-order valence-electron chi connectivity index (χ1n) is 5.97. The van der Waals surface area contributed by atoms with Crippen LogP contribution in [0.2, 0.25) is 0 Å². The molecule has 2 aliphatic rings. The van der Waals surface area contributed by atoms with Gasteiger partial charge in [0.2, 0.25) is 0 Å². The monoisotopic (exact) mass is 181 g/mol. The minimum absolute atomic E-state index is 0.663. The van der Waals surface area contributed by atoms with Crippen molar-refractivity contribution in [3.8, 4) is 0 Å². The molecule has 0 spiro atoms. The van der Waals surface area contributed by atoms with Crippen LogP contribution in [0.3, 0.4) is 0 Å². The van der Waals surface area contributed by atoms with Crippen molar-refractivity contribution in [3.63, 3.8) is 0 Å². The van der Waals surface area contributed by atoms with Crippen molar-refractivity contribution in [2.24, 2.45) is 17.3 Å². The predicted octanol–water partition coefficient (Wildman–Crippen LogP) is 2.81. The Morgan fingerprint density at radius 3 is 2.46 bits per heavy atom. The highest BCUT2D eigenvalue weighted by atomic mass is 15.0. The maximum Gasteiger partial charge on any atom is 0.0154 e. The topological polar surface area (TPSA) is 12.0 Å². The first kappa shape index (κ1) is 9.51. The number of hydrogen-bond donors (Lipinski definition) is 1. The lowest BCUT2D eigenvalue weighted by Crippen LogP contribution is -2.63. The molecule has 0 aromatic heterocycles. The fourth-order valence-corrected chi connectivity index (χ4v) is 4.36. The molecule has 0 aliphatic heterocycles. The maximum absolute atomic E-state index is 3.57. The Kier molecular flexibility index (Phi) is 2.39. The molecule has 0 bridgehead atoms. The first-order valence-corrected chi connectivity index (χ1v) is 5.97. The SMILES string of the molecule is CCC1(CC)C2CCCC2C1NC. The van der Waals surface area contributed by atoms with Crippen molar-refractivity contribution >= 4 is 0 Å². The molecule has 2 aliphatic carbocycles. The van der Waals surface area contributed by atoms with E-state index in [9.17, 15) is 0 Å². The molecule has 0 saturated heterocycles. The molecule has 1 heteroatoms. The number of nitrogens with one attached hydrogen (secondary N) is 1. The van der Waals surface area contributed by atoms with E-state index >= 15 is 0 Å². The van der Waals surface area contributed by atoms with Crippen LogP contribution in [0.15, 0.2) is 0 Å². The highest BCUT2D eigenvalue weighted by molar-refractivity contribution is 5.12. The molecular weight excluding hydrogens is 158 g/mol. The lowest BCUT2D eigenvalue weighted by atomic mass is 9.49. The summed E-state index contributed by atoms with van der Waals surface area (Å²) in [5.41, 5.74) is 0.663. The summed E-state index contributed by atoms with van der Waals surface area (Å²) in [5, 5.41) is 3.57. The van der Waals surface area contributed by atoms with Gasteiger partial charge in [-0.15, -0.1) is 0 Å². The minimum Gasteiger partial charge on any atom is -0.316 e. The van der Waals surface area contributed by atoms with E-state index < -0.39 is 0 Å². The van der Waals surface area contributed by atoms with Crippen molar-refractivity contribution in [1.29, 1.82) is 0 Å². The molecule has 2 rings (SSSR count). The van der Waals surface area contributed by atoms with E-state index in [2.05, 4.69) is 26.2 Å². The highest BCUT2D eigenvalue weighted by Gasteiger charge is 2.59. The van der Waals surface area contributed by atoms with Gasteiger partial charge < -0.3 is 5.32 Å². The van der Waals surface area contributed by atoms with Crippen LogP contribution in [0.5, 0.6) is 0 Å². The number of rotatable bonds is 3. The van der Waals surface area contributed by atoms with Crippen LogP contribution in [-0.2, 0) is 0 Å². The lowest BCUT2D eigenvalue weighted by molar-refractivity contribution is -0.0740. The molecular formula is C12H23N. The molecule has 2 saturated carbocycles. The predicted molar refractivity (Wildman–Crippen MR) is 56.7 cm³/mol. The molecule has 0 aromatic carbocycles. The molecule has 3 unspecified atom stereocenters. The van der Waals surface area contributed by atoms with Gasteiger partial charge in [0.1, 0.15) is 0 Å². The minimum atomic E-state index is 0.663. The summed E-state index contributed by atoms with van der Waals surface area (Å²) in [6.45, 7) is 4.75. The Morgan fingerprint density at radius 2 is 1.92 bits per heavy atom. The molecule has 3 atom stereocenters. The third kappa shape index (κ3) is 1.03. The number of fused-ring (bicyclic) bond motifs is 1. The Balaban J connectivity index is 2.17. The third-order valence-corrected chi connectivity index (χ3v) is 4.98. The number of hydrogen-bond acceptors (Lipinski definition) is 1. The zero-order valence-electron chi connectivity index (χ0n) is 9.27. The molecule has 76 valence electrons. The zero-order chi connectivity index (χ0) is 9.47. The Bertz CT molecular complexity index is 184. The molecule has 1 nitrogen and oxygen atoms in total. The maximum atomic E-state index is 3.57. The summed E-state index contributed by atoms with van der Waals surface area (Å²) >= 11 is 0. The largest absolute Gasteiger partial charge is 0.316 e. The van der Waals surface area contributed by atoms with E-state index in [1.54, 1.807) is 0 Å². The van der Waals surface area contributed by atoms with Crippen LogP contribution in [0, 0.1) is 17.3 Å². The highest BCUT2D eigenvalue weighted by Crippen LogP contribution is 2.62. The first-order chi connectivity index (χ1) is 6.30. The van der Waals surface area contributed by atoms with Crippen LogP contribution in [0.25, 0.3) is 0 Å². The fourth-order valence-electron chi connectivity index (χ4n) is 4.36. The summed E-state index contributed by atoms with van der Waals surface area (Å²) in [6.07, 6.45) is 7.21. The summed E-state index contributed by atoms with van der Waals surface area (Å²) in [7, 11) is 2.15. The van der Waals surface area contributed by atoms with Crippen LogP contribution in [-0.4, -0.2) is 13.1 Å². The normalized spacial score (nSPS) is 41.3. The second kappa shape index (κ2) is 3.27. The molecule has 13 heavy (non-hydrogen) atoms. The van der Waals surface area contributed by atoms with E-state index in [0.717, 1.165) is 17.9 Å². The summed E-state index contributed by atoms with van der Waals surface area (Å²) < 4.78 is 0. The van der Waals surface area contributed by atoms with E-state index in [1.807, 2.05) is 0 Å². The van der Waals surface area contributed by atoms with Gasteiger partial charge in [0, 0.05) is 6.04 Å². The van der Waals surface area contributed by atoms with Gasteiger partial charge in [-0.2, -0.15) is 0 Å². The van der Waals surface area contributed by atoms with Crippen molar-refractivity contribution in [1.82, 2.24) is 5.32 Å². The average molecular weight is 181 g/mol. The van der Waals surface area contributed by atoms with Gasteiger partial charge in [0.05, 0.1) is 0 Å². The van der Waals surface area contributed by atoms with E-state index in [-0.39, 0.29) is 0 Å². The van der Waals surface area contributed by atoms with Crippen LogP contribution < -0.4 is 5.32 Å². The van der Waals surface area contributed by atoms with Crippen molar-refractivity contribution in [2.75, 3.05) is 7.05 Å². The molecule has 0 aromatic rings. The van der Waals surface area contributed by atoms with Gasteiger partial charge in [0.15, 0.2) is 0 Å². The second-order valence-electron chi connectivity index (χ2n) is 4.91. The van der Waals surface area contributed by atoms with Gasteiger partial charge >= 0.3 is 0 Å². The van der Waals surface area contributed by atoms with E-state index in [0.29, 0.717) is 5.41 Å². The van der Waals surface area contributed by atoms with Crippen molar-refractivity contribution in [2.45, 2.75) is 52.0 Å². The Hall–Kier alpha value is -0.0400. The van der Waals surface area contributed by atoms with Gasteiger partial charge in [0.25, 0.3) is 0 Å². The van der Waals surface area contributed by atoms with Crippen LogP contribution in [0.4, 0.5) is 0 Å².